The summed E-state index contributed by atoms with van der Waals surface area (Å²) in [6, 6.07) is 8.70. The van der Waals surface area contributed by atoms with Crippen molar-refractivity contribution in [3.63, 3.8) is 0 Å². The van der Waals surface area contributed by atoms with E-state index in [0.29, 0.717) is 12.0 Å². The number of nitrogens with zero attached hydrogens (tertiary/aromatic N) is 1. The van der Waals surface area contributed by atoms with Gasteiger partial charge in [0.05, 0.1) is 0 Å². The molecule has 2 amide bonds. The Kier molecular flexibility index (Phi) is 4.44. The van der Waals surface area contributed by atoms with Crippen LogP contribution in [-0.2, 0) is 0 Å². The normalized spacial score (nSPS) is 22.2. The van der Waals surface area contributed by atoms with Gasteiger partial charge in [-0.05, 0) is 63.2 Å². The van der Waals surface area contributed by atoms with Crippen molar-refractivity contribution in [3.05, 3.63) is 29.8 Å². The number of likely N-dealkylation sites (tertiary alicyclic amines) is 1. The first-order valence-electron chi connectivity index (χ1n) is 8.08. The highest BCUT2D eigenvalue weighted by molar-refractivity contribution is 5.90. The molecule has 21 heavy (non-hydrogen) atoms. The number of para-hydroxylation sites is 1. The lowest BCUT2D eigenvalue weighted by Gasteiger charge is -2.19. The summed E-state index contributed by atoms with van der Waals surface area (Å²) in [5, 5.41) is 5.99. The Hall–Kier alpha value is -1.55. The van der Waals surface area contributed by atoms with E-state index in [1.807, 2.05) is 18.2 Å². The van der Waals surface area contributed by atoms with Crippen molar-refractivity contribution >= 4 is 11.7 Å². The summed E-state index contributed by atoms with van der Waals surface area (Å²) in [5.41, 5.74) is 2.25. The predicted octanol–water partition coefficient (Wildman–Crippen LogP) is 3.17. The van der Waals surface area contributed by atoms with E-state index >= 15 is 0 Å². The molecule has 0 aromatic heterocycles. The average molecular weight is 287 g/mol. The first kappa shape index (κ1) is 14.4. The zero-order valence-corrected chi connectivity index (χ0v) is 12.8. The third kappa shape index (κ3) is 3.76. The van der Waals surface area contributed by atoms with Gasteiger partial charge in [0.15, 0.2) is 0 Å². The Morgan fingerprint density at radius 2 is 2.10 bits per heavy atom. The van der Waals surface area contributed by atoms with E-state index in [1.165, 1.54) is 37.8 Å². The number of carbonyl (C=O) groups is 1. The molecule has 1 aliphatic carbocycles. The zero-order valence-electron chi connectivity index (χ0n) is 12.8. The standard InChI is InChI=1S/C17H25N3O/c1-20-12-4-5-14(20)10-11-18-17(21)19-16-7-3-2-6-15(16)13-8-9-13/h2-3,6-7,13-14H,4-5,8-12H2,1H3,(H2,18,19,21). The monoisotopic (exact) mass is 287 g/mol. The van der Waals surface area contributed by atoms with E-state index in [-0.39, 0.29) is 6.03 Å². The van der Waals surface area contributed by atoms with E-state index < -0.39 is 0 Å². The van der Waals surface area contributed by atoms with Gasteiger partial charge in [-0.2, -0.15) is 0 Å². The molecule has 1 heterocycles. The van der Waals surface area contributed by atoms with Crippen LogP contribution in [0, 0.1) is 0 Å². The minimum atomic E-state index is -0.0799. The fourth-order valence-corrected chi connectivity index (χ4v) is 3.22. The van der Waals surface area contributed by atoms with Gasteiger partial charge < -0.3 is 15.5 Å². The van der Waals surface area contributed by atoms with Gasteiger partial charge >= 0.3 is 6.03 Å². The first-order chi connectivity index (χ1) is 10.2. The highest BCUT2D eigenvalue weighted by Crippen LogP contribution is 2.43. The molecule has 0 spiro atoms. The summed E-state index contributed by atoms with van der Waals surface area (Å²) in [5.74, 6) is 0.647. The average Bonchev–Trinajstić information content (AvgIpc) is 3.24. The fourth-order valence-electron chi connectivity index (χ4n) is 3.22. The Morgan fingerprint density at radius 3 is 2.81 bits per heavy atom. The Morgan fingerprint density at radius 1 is 1.29 bits per heavy atom. The minimum Gasteiger partial charge on any atom is -0.338 e. The van der Waals surface area contributed by atoms with Gasteiger partial charge in [-0.3, -0.25) is 0 Å². The molecule has 2 fully saturated rings. The number of urea groups is 1. The molecule has 0 bridgehead atoms. The van der Waals surface area contributed by atoms with Crippen LogP contribution in [0.3, 0.4) is 0 Å². The highest BCUT2D eigenvalue weighted by atomic mass is 16.2. The summed E-state index contributed by atoms with van der Waals surface area (Å²) in [7, 11) is 2.17. The van der Waals surface area contributed by atoms with Crippen molar-refractivity contribution in [2.75, 3.05) is 25.5 Å². The van der Waals surface area contributed by atoms with Crippen molar-refractivity contribution in [1.29, 1.82) is 0 Å². The van der Waals surface area contributed by atoms with Gasteiger partial charge in [-0.15, -0.1) is 0 Å². The summed E-state index contributed by atoms with van der Waals surface area (Å²) in [4.78, 5) is 14.4. The molecular weight excluding hydrogens is 262 g/mol. The lowest BCUT2D eigenvalue weighted by atomic mass is 10.1. The van der Waals surface area contributed by atoms with E-state index in [0.717, 1.165) is 18.7 Å². The van der Waals surface area contributed by atoms with E-state index in [2.05, 4.69) is 28.6 Å². The van der Waals surface area contributed by atoms with Crippen LogP contribution in [0.2, 0.25) is 0 Å². The molecule has 4 heteroatoms. The molecule has 1 atom stereocenters. The molecule has 1 unspecified atom stereocenters. The van der Waals surface area contributed by atoms with Crippen LogP contribution in [0.25, 0.3) is 0 Å². The van der Waals surface area contributed by atoms with Crippen LogP contribution in [0.15, 0.2) is 24.3 Å². The van der Waals surface area contributed by atoms with Gasteiger partial charge in [0, 0.05) is 18.3 Å². The summed E-state index contributed by atoms with van der Waals surface area (Å²) >= 11 is 0. The molecular formula is C17H25N3O. The molecule has 0 radical (unpaired) electrons. The van der Waals surface area contributed by atoms with Crippen molar-refractivity contribution in [2.45, 2.75) is 44.1 Å². The number of nitrogens with one attached hydrogen (secondary N) is 2. The predicted molar refractivity (Wildman–Crippen MR) is 85.7 cm³/mol. The number of amides is 2. The van der Waals surface area contributed by atoms with Gasteiger partial charge in [0.1, 0.15) is 0 Å². The maximum absolute atomic E-state index is 12.0. The third-order valence-corrected chi connectivity index (χ3v) is 4.66. The molecule has 3 rings (SSSR count). The molecule has 1 aromatic rings. The van der Waals surface area contributed by atoms with Crippen molar-refractivity contribution in [3.8, 4) is 0 Å². The van der Waals surface area contributed by atoms with E-state index in [4.69, 9.17) is 0 Å². The number of benzene rings is 1. The summed E-state index contributed by atoms with van der Waals surface area (Å²) < 4.78 is 0. The maximum Gasteiger partial charge on any atom is 0.319 e. The molecule has 114 valence electrons. The summed E-state index contributed by atoms with van der Waals surface area (Å²) in [6.07, 6.45) is 6.06. The van der Waals surface area contributed by atoms with Gasteiger partial charge in [-0.25, -0.2) is 4.79 Å². The van der Waals surface area contributed by atoms with Gasteiger partial charge in [-0.1, -0.05) is 18.2 Å². The number of anilines is 1. The Labute approximate surface area is 126 Å². The van der Waals surface area contributed by atoms with Crippen LogP contribution in [-0.4, -0.2) is 37.1 Å². The van der Waals surface area contributed by atoms with Crippen LogP contribution >= 0.6 is 0 Å². The highest BCUT2D eigenvalue weighted by Gasteiger charge is 2.26. The van der Waals surface area contributed by atoms with Crippen molar-refractivity contribution in [2.24, 2.45) is 0 Å². The van der Waals surface area contributed by atoms with Crippen molar-refractivity contribution < 1.29 is 4.79 Å². The van der Waals surface area contributed by atoms with Crippen LogP contribution < -0.4 is 10.6 Å². The molecule has 4 nitrogen and oxygen atoms in total. The summed E-state index contributed by atoms with van der Waals surface area (Å²) in [6.45, 7) is 1.93. The minimum absolute atomic E-state index is 0.0799. The third-order valence-electron chi connectivity index (χ3n) is 4.66. The van der Waals surface area contributed by atoms with Gasteiger partial charge in [0.2, 0.25) is 0 Å². The zero-order chi connectivity index (χ0) is 14.7. The quantitative estimate of drug-likeness (QED) is 0.873. The maximum atomic E-state index is 12.0. The van der Waals surface area contributed by atoms with Gasteiger partial charge in [0.25, 0.3) is 0 Å². The van der Waals surface area contributed by atoms with Crippen LogP contribution in [0.4, 0.5) is 10.5 Å². The fraction of sp³-hybridized carbons (Fsp3) is 0.588. The lowest BCUT2D eigenvalue weighted by Crippen LogP contribution is -2.34. The molecule has 1 aromatic carbocycles. The molecule has 2 N–H and O–H groups in total. The number of hydrogen-bond acceptors (Lipinski definition) is 2. The second-order valence-electron chi connectivity index (χ2n) is 6.31. The Bertz CT molecular complexity index is 499. The largest absolute Gasteiger partial charge is 0.338 e. The second-order valence-corrected chi connectivity index (χ2v) is 6.31. The van der Waals surface area contributed by atoms with Crippen molar-refractivity contribution in [1.82, 2.24) is 10.2 Å². The molecule has 1 saturated carbocycles. The molecule has 1 aliphatic heterocycles. The van der Waals surface area contributed by atoms with Crippen LogP contribution in [0.5, 0.6) is 0 Å². The molecule has 2 aliphatic rings. The smallest absolute Gasteiger partial charge is 0.319 e. The van der Waals surface area contributed by atoms with E-state index in [9.17, 15) is 4.79 Å². The topological polar surface area (TPSA) is 44.4 Å². The number of carbonyl (C=O) groups excluding carboxylic acids is 1. The lowest BCUT2D eigenvalue weighted by molar-refractivity contribution is 0.248. The SMILES string of the molecule is CN1CCCC1CCNC(=O)Nc1ccccc1C1CC1. The second kappa shape index (κ2) is 6.48. The molecule has 1 saturated heterocycles. The van der Waals surface area contributed by atoms with E-state index in [1.54, 1.807) is 0 Å². The Balaban J connectivity index is 1.46. The first-order valence-corrected chi connectivity index (χ1v) is 8.08. The number of rotatable bonds is 5. The van der Waals surface area contributed by atoms with Crippen LogP contribution in [0.1, 0.15) is 43.6 Å². The number of hydrogen-bond donors (Lipinski definition) is 2.